The Kier molecular flexibility index (Phi) is 5.20. The monoisotopic (exact) mass is 502 g/mol. The van der Waals surface area contributed by atoms with E-state index >= 15 is 0 Å². The number of halogens is 1. The lowest BCUT2D eigenvalue weighted by atomic mass is 10.0. The van der Waals surface area contributed by atoms with Gasteiger partial charge < -0.3 is 9.80 Å². The molecule has 1 heterocycles. The fraction of sp³-hybridized carbons (Fsp3) is 0.0323. The van der Waals surface area contributed by atoms with Gasteiger partial charge in [-0.3, -0.25) is 0 Å². The van der Waals surface area contributed by atoms with Crippen LogP contribution in [0.15, 0.2) is 126 Å². The molecule has 5 aromatic carbocycles. The zero-order valence-electron chi connectivity index (χ0n) is 18.8. The molecular weight excluding hydrogens is 480 g/mol. The highest BCUT2D eigenvalue weighted by molar-refractivity contribution is 9.10. The molecule has 0 amide bonds. The number of benzene rings is 5. The Morgan fingerprint density at radius 2 is 0.971 bits per heavy atom. The minimum absolute atomic E-state index is 1.08. The quantitative estimate of drug-likeness (QED) is 0.237. The third-order valence-corrected chi connectivity index (χ3v) is 6.94. The normalized spacial score (nSPS) is 12.3. The molecule has 0 unspecified atom stereocenters. The second kappa shape index (κ2) is 8.51. The summed E-state index contributed by atoms with van der Waals surface area (Å²) in [4.78, 5) is 4.71. The molecule has 6 rings (SSSR count). The molecule has 1 aliphatic rings. The Morgan fingerprint density at radius 1 is 0.471 bits per heavy atom. The highest BCUT2D eigenvalue weighted by Gasteiger charge is 2.30. The van der Waals surface area contributed by atoms with Crippen LogP contribution in [-0.2, 0) is 0 Å². The van der Waals surface area contributed by atoms with Crippen molar-refractivity contribution in [1.29, 1.82) is 0 Å². The van der Waals surface area contributed by atoms with E-state index in [1.807, 2.05) is 0 Å². The number of aryl methyl sites for hydroxylation is 1. The third-order valence-electron chi connectivity index (χ3n) is 6.30. The first kappa shape index (κ1) is 20.8. The molecule has 0 spiro atoms. The topological polar surface area (TPSA) is 6.48 Å². The number of hydrogen-bond acceptors (Lipinski definition) is 2. The third kappa shape index (κ3) is 3.49. The highest BCUT2D eigenvalue weighted by Crippen LogP contribution is 2.54. The summed E-state index contributed by atoms with van der Waals surface area (Å²) in [7, 11) is 0. The molecule has 3 heteroatoms. The van der Waals surface area contributed by atoms with Crippen molar-refractivity contribution >= 4 is 50.1 Å². The molecule has 0 radical (unpaired) electrons. The van der Waals surface area contributed by atoms with Gasteiger partial charge in [-0.1, -0.05) is 72.8 Å². The number of rotatable bonds is 3. The fourth-order valence-corrected chi connectivity index (χ4v) is 5.38. The molecule has 0 fully saturated rings. The molecule has 5 aromatic rings. The van der Waals surface area contributed by atoms with E-state index in [4.69, 9.17) is 0 Å². The minimum atomic E-state index is 1.08. The van der Waals surface area contributed by atoms with Crippen LogP contribution in [0, 0.1) is 6.92 Å². The maximum Gasteiger partial charge on any atom is 0.0703 e. The van der Waals surface area contributed by atoms with E-state index in [0.29, 0.717) is 0 Å². The van der Waals surface area contributed by atoms with E-state index in [-0.39, 0.29) is 0 Å². The van der Waals surface area contributed by atoms with Crippen molar-refractivity contribution < 1.29 is 0 Å². The number of anilines is 6. The van der Waals surface area contributed by atoms with Crippen LogP contribution >= 0.6 is 15.9 Å². The van der Waals surface area contributed by atoms with Crippen molar-refractivity contribution in [3.05, 3.63) is 131 Å². The minimum Gasteiger partial charge on any atom is -0.306 e. The van der Waals surface area contributed by atoms with E-state index in [1.165, 1.54) is 16.7 Å². The van der Waals surface area contributed by atoms with Crippen molar-refractivity contribution in [2.75, 3.05) is 9.80 Å². The number of fused-ring (bicyclic) bond motifs is 2. The van der Waals surface area contributed by atoms with Crippen LogP contribution in [0.2, 0.25) is 0 Å². The summed E-state index contributed by atoms with van der Waals surface area (Å²) < 4.78 is 1.08. The van der Waals surface area contributed by atoms with Gasteiger partial charge in [-0.25, -0.2) is 0 Å². The predicted molar refractivity (Wildman–Crippen MR) is 147 cm³/mol. The lowest BCUT2D eigenvalue weighted by Gasteiger charge is -2.40. The first-order valence-corrected chi connectivity index (χ1v) is 12.2. The Morgan fingerprint density at radius 3 is 1.53 bits per heavy atom. The zero-order valence-corrected chi connectivity index (χ0v) is 20.4. The Hall–Kier alpha value is -3.82. The van der Waals surface area contributed by atoms with Gasteiger partial charge in [0.1, 0.15) is 0 Å². The summed E-state index contributed by atoms with van der Waals surface area (Å²) in [5, 5.41) is 0. The van der Waals surface area contributed by atoms with Crippen LogP contribution in [-0.4, -0.2) is 0 Å². The Labute approximate surface area is 208 Å². The molecule has 0 aromatic heterocycles. The van der Waals surface area contributed by atoms with Gasteiger partial charge in [-0.15, -0.1) is 0 Å². The van der Waals surface area contributed by atoms with Crippen LogP contribution in [0.4, 0.5) is 34.1 Å². The van der Waals surface area contributed by atoms with Crippen LogP contribution in [0.25, 0.3) is 11.1 Å². The Balaban J connectivity index is 1.52. The number of nitrogens with zero attached hydrogens (tertiary/aromatic N) is 2. The van der Waals surface area contributed by atoms with E-state index in [2.05, 4.69) is 154 Å². The molecule has 34 heavy (non-hydrogen) atoms. The summed E-state index contributed by atoms with van der Waals surface area (Å²) in [6, 6.07) is 43.1. The van der Waals surface area contributed by atoms with Gasteiger partial charge in [-0.2, -0.15) is 0 Å². The first-order chi connectivity index (χ1) is 16.7. The van der Waals surface area contributed by atoms with Gasteiger partial charge in [0.25, 0.3) is 0 Å². The lowest BCUT2D eigenvalue weighted by Crippen LogP contribution is -2.24. The van der Waals surface area contributed by atoms with Crippen molar-refractivity contribution in [1.82, 2.24) is 0 Å². The van der Waals surface area contributed by atoms with Gasteiger partial charge in [0.05, 0.1) is 28.4 Å². The van der Waals surface area contributed by atoms with Gasteiger partial charge in [0.2, 0.25) is 0 Å². The molecule has 0 saturated heterocycles. The van der Waals surface area contributed by atoms with Crippen molar-refractivity contribution in [2.45, 2.75) is 6.92 Å². The number of para-hydroxylation sites is 4. The first-order valence-electron chi connectivity index (χ1n) is 11.4. The van der Waals surface area contributed by atoms with Crippen LogP contribution < -0.4 is 9.80 Å². The molecule has 2 nitrogen and oxygen atoms in total. The van der Waals surface area contributed by atoms with Gasteiger partial charge >= 0.3 is 0 Å². The summed E-state index contributed by atoms with van der Waals surface area (Å²) in [5.74, 6) is 0. The SMILES string of the molecule is Cc1ccc(N2c3ccccc3N(c3ccc(-c4ccccc4)cc3)c3ccccc32)c(Br)c1. The van der Waals surface area contributed by atoms with Gasteiger partial charge in [-0.05, 0) is 88.1 Å². The Bertz CT molecular complexity index is 1430. The molecule has 0 bridgehead atoms. The fourth-order valence-electron chi connectivity index (χ4n) is 4.71. The lowest BCUT2D eigenvalue weighted by molar-refractivity contribution is 1.16. The second-order valence-corrected chi connectivity index (χ2v) is 9.37. The van der Waals surface area contributed by atoms with Crippen LogP contribution in [0.5, 0.6) is 0 Å². The molecule has 0 N–H and O–H groups in total. The molecule has 0 saturated carbocycles. The summed E-state index contributed by atoms with van der Waals surface area (Å²) >= 11 is 3.82. The molecule has 0 atom stereocenters. The summed E-state index contributed by atoms with van der Waals surface area (Å²) in [6.45, 7) is 2.12. The second-order valence-electron chi connectivity index (χ2n) is 8.52. The van der Waals surface area contributed by atoms with Crippen LogP contribution in [0.3, 0.4) is 0 Å². The standard InChI is InChI=1S/C31H23BrN2/c1-22-15-20-27(26(32)21-22)34-30-13-7-5-11-28(30)33(29-12-6-8-14-31(29)34)25-18-16-24(17-19-25)23-9-3-2-4-10-23/h2-21H,1H3. The largest absolute Gasteiger partial charge is 0.306 e. The molecular formula is C31H23BrN2. The summed E-state index contributed by atoms with van der Waals surface area (Å²) in [6.07, 6.45) is 0. The average molecular weight is 503 g/mol. The highest BCUT2D eigenvalue weighted by atomic mass is 79.9. The van der Waals surface area contributed by atoms with Crippen LogP contribution in [0.1, 0.15) is 5.56 Å². The van der Waals surface area contributed by atoms with Gasteiger partial charge in [0, 0.05) is 10.2 Å². The average Bonchev–Trinajstić information content (AvgIpc) is 2.88. The van der Waals surface area contributed by atoms with E-state index in [0.717, 1.165) is 38.6 Å². The molecule has 0 aliphatic carbocycles. The maximum atomic E-state index is 3.82. The van der Waals surface area contributed by atoms with Crippen molar-refractivity contribution in [3.8, 4) is 11.1 Å². The molecule has 164 valence electrons. The molecule has 1 aliphatic heterocycles. The van der Waals surface area contributed by atoms with E-state index < -0.39 is 0 Å². The van der Waals surface area contributed by atoms with E-state index in [1.54, 1.807) is 0 Å². The summed E-state index contributed by atoms with van der Waals surface area (Å²) in [5.41, 5.74) is 10.6. The predicted octanol–water partition coefficient (Wildman–Crippen LogP) is 9.68. The zero-order chi connectivity index (χ0) is 23.1. The number of hydrogen-bond donors (Lipinski definition) is 0. The smallest absolute Gasteiger partial charge is 0.0703 e. The maximum absolute atomic E-state index is 3.82. The van der Waals surface area contributed by atoms with Crippen molar-refractivity contribution in [3.63, 3.8) is 0 Å². The van der Waals surface area contributed by atoms with Gasteiger partial charge in [0.15, 0.2) is 0 Å². The van der Waals surface area contributed by atoms with Crippen molar-refractivity contribution in [2.24, 2.45) is 0 Å². The van der Waals surface area contributed by atoms with E-state index in [9.17, 15) is 0 Å².